The minimum Gasteiger partial charge on any atom is -0.484 e. The topological polar surface area (TPSA) is 98.8 Å². The quantitative estimate of drug-likeness (QED) is 0.361. The van der Waals surface area contributed by atoms with Crippen molar-refractivity contribution < 1.29 is 14.5 Å². The minimum absolute atomic E-state index is 0.0132. The summed E-state index contributed by atoms with van der Waals surface area (Å²) in [6, 6.07) is 14.8. The first-order chi connectivity index (χ1) is 13.9. The fourth-order valence-corrected chi connectivity index (χ4v) is 2.65. The Labute approximate surface area is 171 Å². The van der Waals surface area contributed by atoms with Gasteiger partial charge in [0.05, 0.1) is 16.8 Å². The maximum absolute atomic E-state index is 11.9. The largest absolute Gasteiger partial charge is 0.484 e. The molecule has 1 amide bonds. The van der Waals surface area contributed by atoms with Gasteiger partial charge in [0.25, 0.3) is 11.6 Å². The summed E-state index contributed by atoms with van der Waals surface area (Å²) in [5.74, 6) is 0.125. The van der Waals surface area contributed by atoms with Gasteiger partial charge in [-0.1, -0.05) is 11.6 Å². The molecule has 8 nitrogen and oxygen atoms in total. The van der Waals surface area contributed by atoms with Crippen molar-refractivity contribution in [1.29, 1.82) is 0 Å². The number of halogens is 1. The van der Waals surface area contributed by atoms with Gasteiger partial charge in [0, 0.05) is 29.0 Å². The Morgan fingerprint density at radius 3 is 2.72 bits per heavy atom. The van der Waals surface area contributed by atoms with Crippen LogP contribution in [0.2, 0.25) is 5.02 Å². The Morgan fingerprint density at radius 1 is 1.28 bits per heavy atom. The molecule has 1 N–H and O–H groups in total. The van der Waals surface area contributed by atoms with E-state index in [2.05, 4.69) is 10.5 Å². The Bertz CT molecular complexity index is 1060. The zero-order valence-electron chi connectivity index (χ0n) is 15.4. The highest BCUT2D eigenvalue weighted by Gasteiger charge is 2.07. The van der Waals surface area contributed by atoms with Crippen LogP contribution >= 0.6 is 11.6 Å². The van der Waals surface area contributed by atoms with Crippen molar-refractivity contribution in [2.75, 3.05) is 6.61 Å². The molecule has 2 aromatic carbocycles. The normalized spacial score (nSPS) is 10.8. The lowest BCUT2D eigenvalue weighted by Gasteiger charge is -2.07. The van der Waals surface area contributed by atoms with E-state index in [0.29, 0.717) is 16.5 Å². The summed E-state index contributed by atoms with van der Waals surface area (Å²) in [5.41, 5.74) is 4.69. The van der Waals surface area contributed by atoms with E-state index in [1.54, 1.807) is 53.2 Å². The molecule has 29 heavy (non-hydrogen) atoms. The van der Waals surface area contributed by atoms with Crippen LogP contribution in [0.25, 0.3) is 5.69 Å². The van der Waals surface area contributed by atoms with Crippen molar-refractivity contribution in [3.8, 4) is 11.4 Å². The summed E-state index contributed by atoms with van der Waals surface area (Å²) in [6.07, 6.45) is 3.27. The van der Waals surface area contributed by atoms with Gasteiger partial charge in [0.15, 0.2) is 6.61 Å². The van der Waals surface area contributed by atoms with Crippen molar-refractivity contribution in [3.63, 3.8) is 0 Å². The van der Waals surface area contributed by atoms with E-state index >= 15 is 0 Å². The lowest BCUT2D eigenvalue weighted by atomic mass is 10.2. The number of carbonyl (C=O) groups excluding carboxylic acids is 1. The van der Waals surface area contributed by atoms with Crippen molar-refractivity contribution in [2.24, 2.45) is 5.10 Å². The number of aryl methyl sites for hydroxylation is 1. The number of hydrazone groups is 1. The highest BCUT2D eigenvalue weighted by molar-refractivity contribution is 6.31. The molecule has 0 saturated heterocycles. The highest BCUT2D eigenvalue weighted by Crippen LogP contribution is 2.21. The molecular weight excluding hydrogens is 396 g/mol. The summed E-state index contributed by atoms with van der Waals surface area (Å²) in [4.78, 5) is 22.2. The molecule has 0 aliphatic rings. The highest BCUT2D eigenvalue weighted by atomic mass is 35.5. The first-order valence-corrected chi connectivity index (χ1v) is 8.95. The molecule has 0 spiro atoms. The maximum atomic E-state index is 11.9. The van der Waals surface area contributed by atoms with E-state index in [0.717, 1.165) is 11.3 Å². The summed E-state index contributed by atoms with van der Waals surface area (Å²) >= 11 is 5.95. The maximum Gasteiger partial charge on any atom is 0.277 e. The van der Waals surface area contributed by atoms with Crippen molar-refractivity contribution in [3.05, 3.63) is 87.2 Å². The van der Waals surface area contributed by atoms with Crippen molar-refractivity contribution in [1.82, 2.24) is 9.99 Å². The summed E-state index contributed by atoms with van der Waals surface area (Å²) in [7, 11) is 0. The van der Waals surface area contributed by atoms with Crippen LogP contribution in [0.1, 0.15) is 11.3 Å². The van der Waals surface area contributed by atoms with Crippen LogP contribution in [0.3, 0.4) is 0 Å². The molecule has 3 aromatic rings. The van der Waals surface area contributed by atoms with Gasteiger partial charge in [-0.25, -0.2) is 5.43 Å². The van der Waals surface area contributed by atoms with Crippen molar-refractivity contribution >= 4 is 29.4 Å². The second-order valence-electron chi connectivity index (χ2n) is 6.07. The van der Waals surface area contributed by atoms with Gasteiger partial charge in [-0.2, -0.15) is 5.10 Å². The van der Waals surface area contributed by atoms with Crippen molar-refractivity contribution in [2.45, 2.75) is 6.92 Å². The fraction of sp³-hybridized carbons (Fsp3) is 0.100. The number of non-ortho nitro benzene ring substituents is 1. The molecule has 9 heteroatoms. The molecule has 0 unspecified atom stereocenters. The second-order valence-corrected chi connectivity index (χ2v) is 6.48. The van der Waals surface area contributed by atoms with Crippen LogP contribution in [0.5, 0.6) is 5.75 Å². The number of nitro benzene ring substituents is 1. The molecule has 1 heterocycles. The smallest absolute Gasteiger partial charge is 0.277 e. The summed E-state index contributed by atoms with van der Waals surface area (Å²) < 4.78 is 7.19. The molecule has 0 aliphatic heterocycles. The van der Waals surface area contributed by atoms with Crippen LogP contribution in [0.4, 0.5) is 5.69 Å². The minimum atomic E-state index is -0.454. The number of nitrogens with one attached hydrogen (secondary N) is 1. The summed E-state index contributed by atoms with van der Waals surface area (Å²) in [6.45, 7) is 1.65. The lowest BCUT2D eigenvalue weighted by molar-refractivity contribution is -0.384. The predicted octanol–water partition coefficient (Wildman–Crippen LogP) is 3.88. The Kier molecular flexibility index (Phi) is 6.25. The Morgan fingerprint density at radius 2 is 2.03 bits per heavy atom. The number of amides is 1. The number of hydrogen-bond donors (Lipinski definition) is 1. The zero-order chi connectivity index (χ0) is 20.8. The Hall–Kier alpha value is -3.65. The van der Waals surface area contributed by atoms with Gasteiger partial charge in [-0.3, -0.25) is 14.9 Å². The van der Waals surface area contributed by atoms with E-state index < -0.39 is 10.8 Å². The van der Waals surface area contributed by atoms with Gasteiger partial charge >= 0.3 is 0 Å². The molecule has 0 fully saturated rings. The van der Waals surface area contributed by atoms with E-state index in [1.165, 1.54) is 18.3 Å². The van der Waals surface area contributed by atoms with E-state index in [1.807, 2.05) is 6.92 Å². The Balaban J connectivity index is 1.58. The average Bonchev–Trinajstić information content (AvgIpc) is 3.17. The number of aromatic nitrogens is 1. The molecule has 148 valence electrons. The number of benzene rings is 2. The zero-order valence-corrected chi connectivity index (χ0v) is 16.2. The predicted molar refractivity (Wildman–Crippen MR) is 110 cm³/mol. The monoisotopic (exact) mass is 412 g/mol. The lowest BCUT2D eigenvalue weighted by Crippen LogP contribution is -2.24. The fourth-order valence-electron chi connectivity index (χ4n) is 2.53. The molecule has 0 saturated carbocycles. The van der Waals surface area contributed by atoms with E-state index in [4.69, 9.17) is 16.3 Å². The summed E-state index contributed by atoms with van der Waals surface area (Å²) in [5, 5.41) is 15.3. The van der Waals surface area contributed by atoms with E-state index in [9.17, 15) is 14.9 Å². The van der Waals surface area contributed by atoms with Gasteiger partial charge < -0.3 is 9.30 Å². The standard InChI is InChI=1S/C20H17ClN4O4/c1-14-11-18(8-9-19(14)21)29-13-20(26)23-22-12-17-3-2-10-24(17)15-4-6-16(7-5-15)25(27)28/h2-12H,13H2,1H3,(H,23,26)/b22-12+. The number of ether oxygens (including phenoxy) is 1. The van der Waals surface area contributed by atoms with Gasteiger partial charge in [0.1, 0.15) is 5.75 Å². The third-order valence-corrected chi connectivity index (χ3v) is 4.43. The number of nitro groups is 1. The molecule has 1 aromatic heterocycles. The van der Waals surface area contributed by atoms with Crippen LogP contribution in [0, 0.1) is 17.0 Å². The molecule has 0 atom stereocenters. The van der Waals surface area contributed by atoms with Gasteiger partial charge in [-0.15, -0.1) is 0 Å². The molecule has 3 rings (SSSR count). The second kappa shape index (κ2) is 9.03. The first-order valence-electron chi connectivity index (χ1n) is 8.57. The van der Waals surface area contributed by atoms with Gasteiger partial charge in [-0.05, 0) is 55.0 Å². The average molecular weight is 413 g/mol. The van der Waals surface area contributed by atoms with Crippen LogP contribution in [0.15, 0.2) is 65.9 Å². The first kappa shape index (κ1) is 20.1. The molecule has 0 radical (unpaired) electrons. The number of carbonyl (C=O) groups is 1. The SMILES string of the molecule is Cc1cc(OCC(=O)N/N=C/c2cccn2-c2ccc([N+](=O)[O-])cc2)ccc1Cl. The third-order valence-electron chi connectivity index (χ3n) is 4.00. The number of nitrogens with zero attached hydrogens (tertiary/aromatic N) is 3. The van der Waals surface area contributed by atoms with Crippen LogP contribution in [-0.4, -0.2) is 28.2 Å². The van der Waals surface area contributed by atoms with E-state index in [-0.39, 0.29) is 12.3 Å². The van der Waals surface area contributed by atoms with Crippen LogP contribution in [-0.2, 0) is 4.79 Å². The van der Waals surface area contributed by atoms with Gasteiger partial charge in [0.2, 0.25) is 0 Å². The van der Waals surface area contributed by atoms with Crippen LogP contribution < -0.4 is 10.2 Å². The molecule has 0 bridgehead atoms. The number of hydrogen-bond acceptors (Lipinski definition) is 5. The molecular formula is C20H17ClN4O4. The third kappa shape index (κ3) is 5.20. The number of rotatable bonds is 7. The molecule has 0 aliphatic carbocycles.